The molecule has 0 atom stereocenters. The average molecular weight is 914 g/mol. The number of nitrogens with one attached hydrogen (secondary N) is 1. The minimum absolute atomic E-state index is 0.380. The molecule has 2 aliphatic rings. The Morgan fingerprint density at radius 1 is 0.900 bits per heavy atom. The van der Waals surface area contributed by atoms with Gasteiger partial charge in [-0.1, -0.05) is 79.2 Å². The van der Waals surface area contributed by atoms with Gasteiger partial charge in [0.05, 0.1) is 35.8 Å². The predicted octanol–water partition coefficient (Wildman–Crippen LogP) is 10.5. The van der Waals surface area contributed by atoms with E-state index in [9.17, 15) is 19.1 Å². The maximum Gasteiger partial charge on any atom is 0.494 e. The zero-order chi connectivity index (χ0) is 44.7. The number of carboxylic acid groups (broad SMARTS) is 1. The molecule has 4 aromatic rings. The van der Waals surface area contributed by atoms with Crippen molar-refractivity contribution in [2.75, 3.05) is 26.7 Å². The maximum absolute atomic E-state index is 12.2. The summed E-state index contributed by atoms with van der Waals surface area (Å²) in [7, 11) is 1.09. The number of carbonyl (C=O) groups is 2. The van der Waals surface area contributed by atoms with E-state index in [1.165, 1.54) is 37.2 Å². The van der Waals surface area contributed by atoms with Crippen molar-refractivity contribution in [1.82, 2.24) is 10.2 Å². The van der Waals surface area contributed by atoms with E-state index in [-0.39, 0.29) is 0 Å². The zero-order valence-electron chi connectivity index (χ0n) is 37.1. The standard InChI is InChI=1S/C16H23BO4.C13H13BrFNO.C12H13ClO2.C6H15N/c1-14(2,13(18)19)11-8-7-9-12(10-11)17-20-15(3,4)16(5,6)21-17;14-11-3-1-10(2-4-11)8-16-9-13-6-5-12(7-15)17-13;1-15-10-7-6-8-4-2-3-5-9(8)11(10)12(13)14;1-4-7(5-2)6-3/h7-10H,1-6H3,(H,18,19);1-6,16H,7-9H2;6-7H,2-5H2,1H3;4-6H2,1-3H3. The first-order valence-electron chi connectivity index (χ1n) is 20.7. The minimum atomic E-state index is -0.945. The summed E-state index contributed by atoms with van der Waals surface area (Å²) in [5, 5.41) is 12.2. The number of carbonyl (C=O) groups excluding carboxylic acids is 1. The molecule has 3 aromatic carbocycles. The van der Waals surface area contributed by atoms with Gasteiger partial charge in [0.2, 0.25) is 0 Å². The topological polar surface area (TPSA) is 110 Å². The molecule has 60 heavy (non-hydrogen) atoms. The van der Waals surface area contributed by atoms with Crippen molar-refractivity contribution < 1.29 is 37.5 Å². The van der Waals surface area contributed by atoms with Gasteiger partial charge in [-0.25, -0.2) is 4.39 Å². The van der Waals surface area contributed by atoms with Gasteiger partial charge in [-0.3, -0.25) is 9.59 Å². The minimum Gasteiger partial charge on any atom is -0.496 e. The molecule has 13 heteroatoms. The average Bonchev–Trinajstić information content (AvgIpc) is 3.78. The quantitative estimate of drug-likeness (QED) is 0.100. The molecule has 0 saturated carbocycles. The fourth-order valence-electron chi connectivity index (χ4n) is 6.56. The van der Waals surface area contributed by atoms with E-state index in [1.54, 1.807) is 33.1 Å². The summed E-state index contributed by atoms with van der Waals surface area (Å²) < 4.78 is 35.7. The van der Waals surface area contributed by atoms with Crippen LogP contribution in [0.4, 0.5) is 4.39 Å². The van der Waals surface area contributed by atoms with Crippen molar-refractivity contribution in [3.63, 3.8) is 0 Å². The van der Waals surface area contributed by atoms with Gasteiger partial charge in [0, 0.05) is 11.0 Å². The van der Waals surface area contributed by atoms with Gasteiger partial charge >= 0.3 is 13.1 Å². The number of hydrogen-bond donors (Lipinski definition) is 2. The highest BCUT2D eigenvalue weighted by atomic mass is 79.9. The number of methoxy groups -OCH3 is 1. The van der Waals surface area contributed by atoms with E-state index in [2.05, 4.69) is 46.9 Å². The number of alkyl halides is 1. The SMILES string of the molecule is CC(C)(C(=O)O)c1cccc(B2OC(C)(C)C(C)(C)O2)c1.CCN(CC)CC.COc1ccc2c(c1C(=O)Cl)CCCC2.FCc1ccc(CNCc2ccc(Br)cc2)o1. The first-order valence-corrected chi connectivity index (χ1v) is 21.9. The number of rotatable bonds is 13. The second-order valence-electron chi connectivity index (χ2n) is 16.3. The Labute approximate surface area is 371 Å². The van der Waals surface area contributed by atoms with Crippen LogP contribution in [0.5, 0.6) is 5.75 Å². The highest BCUT2D eigenvalue weighted by Crippen LogP contribution is 2.37. The molecule has 1 aliphatic heterocycles. The molecule has 328 valence electrons. The third-order valence-corrected chi connectivity index (χ3v) is 12.0. The zero-order valence-corrected chi connectivity index (χ0v) is 39.4. The number of furan rings is 1. The number of fused-ring (bicyclic) bond motifs is 1. The van der Waals surface area contributed by atoms with Crippen LogP contribution >= 0.6 is 27.5 Å². The summed E-state index contributed by atoms with van der Waals surface area (Å²) in [6, 6.07) is 22.9. The second-order valence-corrected chi connectivity index (χ2v) is 17.5. The second kappa shape index (κ2) is 23.6. The number of hydrogen-bond acceptors (Lipinski definition) is 8. The van der Waals surface area contributed by atoms with Crippen LogP contribution in [0.15, 0.2) is 81.7 Å². The molecule has 1 saturated heterocycles. The lowest BCUT2D eigenvalue weighted by Crippen LogP contribution is -2.41. The van der Waals surface area contributed by atoms with Crippen molar-refractivity contribution in [2.45, 2.75) is 124 Å². The van der Waals surface area contributed by atoms with Crippen molar-refractivity contribution in [3.05, 3.63) is 117 Å². The van der Waals surface area contributed by atoms with Gasteiger partial charge in [-0.15, -0.1) is 0 Å². The Kier molecular flexibility index (Phi) is 20.0. The Balaban J connectivity index is 0.000000225. The highest BCUT2D eigenvalue weighted by Gasteiger charge is 2.51. The number of ether oxygens (including phenoxy) is 1. The summed E-state index contributed by atoms with van der Waals surface area (Å²) in [6.07, 6.45) is 4.28. The normalized spacial score (nSPS) is 15.1. The molecule has 1 aromatic heterocycles. The molecule has 2 N–H and O–H groups in total. The number of carboxylic acids is 1. The molecule has 0 unspecified atom stereocenters. The molecule has 1 aliphatic carbocycles. The van der Waals surface area contributed by atoms with Crippen LogP contribution in [-0.2, 0) is 52.1 Å². The molecule has 2 heterocycles. The molecular formula is C47H64BBrClFN2O7. The van der Waals surface area contributed by atoms with Crippen LogP contribution in [0, 0.1) is 0 Å². The van der Waals surface area contributed by atoms with Crippen LogP contribution in [0.1, 0.15) is 119 Å². The van der Waals surface area contributed by atoms with Crippen LogP contribution < -0.4 is 15.5 Å². The van der Waals surface area contributed by atoms with Crippen LogP contribution in [-0.4, -0.2) is 66.3 Å². The molecule has 0 radical (unpaired) electrons. The largest absolute Gasteiger partial charge is 0.496 e. The third-order valence-electron chi connectivity index (χ3n) is 11.3. The van der Waals surface area contributed by atoms with E-state index < -0.39 is 41.6 Å². The fraction of sp³-hybridized carbons (Fsp3) is 0.489. The number of halogens is 3. The maximum atomic E-state index is 12.2. The van der Waals surface area contributed by atoms with Crippen LogP contribution in [0.3, 0.4) is 0 Å². The summed E-state index contributed by atoms with van der Waals surface area (Å²) in [4.78, 5) is 25.2. The van der Waals surface area contributed by atoms with Gasteiger partial charge < -0.3 is 33.8 Å². The van der Waals surface area contributed by atoms with E-state index in [1.807, 2.05) is 88.4 Å². The lowest BCUT2D eigenvalue weighted by molar-refractivity contribution is -0.142. The van der Waals surface area contributed by atoms with Crippen LogP contribution in [0.2, 0.25) is 0 Å². The molecular weight excluding hydrogens is 850 g/mol. The van der Waals surface area contributed by atoms with Gasteiger partial charge in [0.1, 0.15) is 23.9 Å². The van der Waals surface area contributed by atoms with Crippen molar-refractivity contribution in [2.24, 2.45) is 0 Å². The molecule has 6 rings (SSSR count). The first-order chi connectivity index (χ1) is 28.3. The number of nitrogens with zero attached hydrogens (tertiary/aromatic N) is 1. The molecule has 0 bridgehead atoms. The monoisotopic (exact) mass is 912 g/mol. The lowest BCUT2D eigenvalue weighted by atomic mass is 9.75. The molecule has 9 nitrogen and oxygen atoms in total. The summed E-state index contributed by atoms with van der Waals surface area (Å²) >= 11 is 9.00. The molecule has 0 spiro atoms. The van der Waals surface area contributed by atoms with Gasteiger partial charge in [0.25, 0.3) is 5.24 Å². The predicted molar refractivity (Wildman–Crippen MR) is 244 cm³/mol. The molecule has 1 fully saturated rings. The third kappa shape index (κ3) is 14.3. The smallest absolute Gasteiger partial charge is 0.494 e. The Morgan fingerprint density at radius 2 is 1.50 bits per heavy atom. The van der Waals surface area contributed by atoms with Crippen molar-refractivity contribution in [1.29, 1.82) is 0 Å². The number of aryl methyl sites for hydroxylation is 1. The van der Waals surface area contributed by atoms with Gasteiger partial charge in [-0.2, -0.15) is 0 Å². The van der Waals surface area contributed by atoms with Gasteiger partial charge in [-0.05, 0) is 157 Å². The van der Waals surface area contributed by atoms with Crippen molar-refractivity contribution >= 4 is 51.3 Å². The molecule has 0 amide bonds. The summed E-state index contributed by atoms with van der Waals surface area (Å²) in [5.41, 5.74) is 3.92. The van der Waals surface area contributed by atoms with E-state index in [0.29, 0.717) is 23.6 Å². The highest BCUT2D eigenvalue weighted by molar-refractivity contribution is 9.10. The summed E-state index contributed by atoms with van der Waals surface area (Å²) in [6.45, 7) is 22.3. The van der Waals surface area contributed by atoms with E-state index in [0.717, 1.165) is 52.6 Å². The Bertz CT molecular complexity index is 1950. The Hall–Kier alpha value is -3.52. The Morgan fingerprint density at radius 3 is 2.02 bits per heavy atom. The number of benzene rings is 3. The first kappa shape index (κ1) is 50.8. The van der Waals surface area contributed by atoms with Gasteiger partial charge in [0.15, 0.2) is 0 Å². The lowest BCUT2D eigenvalue weighted by Gasteiger charge is -2.32. The van der Waals surface area contributed by atoms with Crippen molar-refractivity contribution in [3.8, 4) is 5.75 Å². The summed E-state index contributed by atoms with van der Waals surface area (Å²) in [5.74, 6) is 0.879. The fourth-order valence-corrected chi connectivity index (χ4v) is 7.03. The van der Waals surface area contributed by atoms with E-state index in [4.69, 9.17) is 30.1 Å². The van der Waals surface area contributed by atoms with Crippen LogP contribution in [0.25, 0.3) is 0 Å². The van der Waals surface area contributed by atoms with E-state index >= 15 is 0 Å². The number of aliphatic carboxylic acids is 1.